The third-order valence-electron chi connectivity index (χ3n) is 4.23. The lowest BCUT2D eigenvalue weighted by Crippen LogP contribution is -2.31. The van der Waals surface area contributed by atoms with E-state index in [1.54, 1.807) is 0 Å². The lowest BCUT2D eigenvalue weighted by atomic mass is 10.0. The van der Waals surface area contributed by atoms with Crippen LogP contribution in [0.5, 0.6) is 5.75 Å². The highest BCUT2D eigenvalue weighted by Crippen LogP contribution is 2.31. The van der Waals surface area contributed by atoms with Gasteiger partial charge in [0, 0.05) is 46.4 Å². The van der Waals surface area contributed by atoms with Crippen LogP contribution in [0.4, 0.5) is 27.6 Å². The SMILES string of the molecule is C[C@@H](Oc1cc(F)ccc1Cc1ncnc2cc(N=S(C)(C)=O)cc(F)c12)C(F)(F)F. The van der Waals surface area contributed by atoms with Crippen LogP contribution in [0.15, 0.2) is 41.0 Å². The van der Waals surface area contributed by atoms with Crippen LogP contribution in [0.1, 0.15) is 18.2 Å². The summed E-state index contributed by atoms with van der Waals surface area (Å²) in [6, 6.07) is 5.68. The Morgan fingerprint density at radius 1 is 1.13 bits per heavy atom. The quantitative estimate of drug-likeness (QED) is 0.493. The second kappa shape index (κ2) is 8.37. The van der Waals surface area contributed by atoms with Crippen LogP contribution in [0.25, 0.3) is 10.9 Å². The number of benzene rings is 2. The van der Waals surface area contributed by atoms with Gasteiger partial charge in [-0.15, -0.1) is 0 Å². The third kappa shape index (κ3) is 5.66. The molecule has 0 aliphatic carbocycles. The van der Waals surface area contributed by atoms with Gasteiger partial charge in [-0.2, -0.15) is 17.5 Å². The Morgan fingerprint density at radius 3 is 2.48 bits per heavy atom. The van der Waals surface area contributed by atoms with E-state index in [0.29, 0.717) is 0 Å². The summed E-state index contributed by atoms with van der Waals surface area (Å²) in [5, 5.41) is 0.0271. The van der Waals surface area contributed by atoms with Gasteiger partial charge in [0.05, 0.1) is 22.3 Å². The second-order valence-corrected chi connectivity index (χ2v) is 9.69. The highest BCUT2D eigenvalue weighted by molar-refractivity contribution is 7.92. The summed E-state index contributed by atoms with van der Waals surface area (Å²) in [6.45, 7) is 0.805. The molecule has 31 heavy (non-hydrogen) atoms. The number of alkyl halides is 3. The van der Waals surface area contributed by atoms with Crippen molar-refractivity contribution in [1.82, 2.24) is 9.97 Å². The van der Waals surface area contributed by atoms with Crippen molar-refractivity contribution in [2.45, 2.75) is 25.6 Å². The standard InChI is InChI=1S/C20H18F5N3O2S/c1-11(20(23,24)25)30-18-7-13(21)5-4-12(18)6-16-19-15(22)8-14(28-31(2,3)29)9-17(19)27-10-26-16/h4-5,7-11H,6H2,1-3H3/t11-/m1/s1. The number of nitrogens with zero attached hydrogens (tertiary/aromatic N) is 3. The van der Waals surface area contributed by atoms with Gasteiger partial charge < -0.3 is 4.74 Å². The highest BCUT2D eigenvalue weighted by Gasteiger charge is 2.38. The van der Waals surface area contributed by atoms with E-state index in [-0.39, 0.29) is 40.0 Å². The summed E-state index contributed by atoms with van der Waals surface area (Å²) in [7, 11) is -2.53. The molecule has 1 atom stereocenters. The molecule has 5 nitrogen and oxygen atoms in total. The Balaban J connectivity index is 2.06. The molecule has 0 aliphatic heterocycles. The fraction of sp³-hybridized carbons (Fsp3) is 0.300. The molecule has 0 bridgehead atoms. The molecule has 0 fully saturated rings. The van der Waals surface area contributed by atoms with Gasteiger partial charge in [0.15, 0.2) is 6.10 Å². The number of halogens is 5. The van der Waals surface area contributed by atoms with Crippen molar-refractivity contribution < 1.29 is 30.9 Å². The van der Waals surface area contributed by atoms with Crippen LogP contribution in [-0.4, -0.2) is 39.0 Å². The third-order valence-corrected chi connectivity index (χ3v) is 4.88. The zero-order valence-corrected chi connectivity index (χ0v) is 17.5. The van der Waals surface area contributed by atoms with Gasteiger partial charge in [-0.05, 0) is 19.1 Å². The zero-order chi connectivity index (χ0) is 23.0. The normalized spacial score (nSPS) is 13.3. The van der Waals surface area contributed by atoms with E-state index >= 15 is 0 Å². The van der Waals surface area contributed by atoms with Gasteiger partial charge in [-0.1, -0.05) is 6.07 Å². The molecule has 0 unspecified atom stereocenters. The Hall–Kier alpha value is -2.82. The molecule has 0 saturated carbocycles. The molecule has 3 aromatic rings. The molecule has 0 N–H and O–H groups in total. The Kier molecular flexibility index (Phi) is 6.17. The molecule has 0 amide bonds. The van der Waals surface area contributed by atoms with Crippen molar-refractivity contribution >= 4 is 26.3 Å². The van der Waals surface area contributed by atoms with Gasteiger partial charge in [0.25, 0.3) is 0 Å². The van der Waals surface area contributed by atoms with Crippen molar-refractivity contribution in [2.75, 3.05) is 12.5 Å². The van der Waals surface area contributed by atoms with E-state index < -0.39 is 33.6 Å². The van der Waals surface area contributed by atoms with E-state index in [4.69, 9.17) is 4.74 Å². The molecule has 1 aromatic heterocycles. The zero-order valence-electron chi connectivity index (χ0n) is 16.7. The molecular weight excluding hydrogens is 441 g/mol. The maximum absolute atomic E-state index is 14.8. The van der Waals surface area contributed by atoms with E-state index in [0.717, 1.165) is 25.1 Å². The maximum Gasteiger partial charge on any atom is 0.425 e. The first-order chi connectivity index (χ1) is 14.3. The van der Waals surface area contributed by atoms with Gasteiger partial charge in [0.2, 0.25) is 0 Å². The van der Waals surface area contributed by atoms with E-state index in [9.17, 15) is 26.2 Å². The minimum Gasteiger partial charge on any atom is -0.481 e. The predicted octanol–water partition coefficient (Wildman–Crippen LogP) is 5.19. The molecule has 2 aromatic carbocycles. The minimum atomic E-state index is -4.64. The Labute approximate surface area is 175 Å². The van der Waals surface area contributed by atoms with Crippen molar-refractivity contribution in [3.05, 3.63) is 59.6 Å². The number of hydrogen-bond acceptors (Lipinski definition) is 5. The lowest BCUT2D eigenvalue weighted by molar-refractivity contribution is -0.189. The molecule has 3 rings (SSSR count). The summed E-state index contributed by atoms with van der Waals surface area (Å²) in [5.41, 5.74) is 0.671. The Morgan fingerprint density at radius 2 is 1.84 bits per heavy atom. The number of fused-ring (bicyclic) bond motifs is 1. The number of rotatable bonds is 5. The molecule has 1 heterocycles. The van der Waals surface area contributed by atoms with Crippen molar-refractivity contribution in [2.24, 2.45) is 4.36 Å². The number of aromatic nitrogens is 2. The van der Waals surface area contributed by atoms with Gasteiger partial charge in [-0.25, -0.2) is 23.0 Å². The first-order valence-corrected chi connectivity index (χ1v) is 11.3. The van der Waals surface area contributed by atoms with E-state index in [2.05, 4.69) is 14.3 Å². The van der Waals surface area contributed by atoms with Crippen LogP contribution < -0.4 is 4.74 Å². The van der Waals surface area contributed by atoms with Crippen LogP contribution in [0.2, 0.25) is 0 Å². The monoisotopic (exact) mass is 459 g/mol. The summed E-state index contributed by atoms with van der Waals surface area (Å²) in [5.74, 6) is -1.83. The molecular formula is C20H18F5N3O2S. The fourth-order valence-electron chi connectivity index (χ4n) is 2.85. The summed E-state index contributed by atoms with van der Waals surface area (Å²) < 4.78 is 87.9. The molecule has 0 spiro atoms. The smallest absolute Gasteiger partial charge is 0.425 e. The second-order valence-electron chi connectivity index (χ2n) is 7.15. The lowest BCUT2D eigenvalue weighted by Gasteiger charge is -2.20. The van der Waals surface area contributed by atoms with Crippen molar-refractivity contribution in [1.29, 1.82) is 0 Å². The van der Waals surface area contributed by atoms with Gasteiger partial charge >= 0.3 is 6.18 Å². The average molecular weight is 459 g/mol. The highest BCUT2D eigenvalue weighted by atomic mass is 32.2. The number of ether oxygens (including phenoxy) is 1. The minimum absolute atomic E-state index is 0.0271. The average Bonchev–Trinajstić information content (AvgIpc) is 2.61. The van der Waals surface area contributed by atoms with Crippen LogP contribution in [-0.2, 0) is 16.1 Å². The topological polar surface area (TPSA) is 64.4 Å². The van der Waals surface area contributed by atoms with E-state index in [1.165, 1.54) is 31.0 Å². The van der Waals surface area contributed by atoms with Crippen LogP contribution in [0, 0.1) is 11.6 Å². The largest absolute Gasteiger partial charge is 0.481 e. The summed E-state index contributed by atoms with van der Waals surface area (Å²) >= 11 is 0. The van der Waals surface area contributed by atoms with Crippen molar-refractivity contribution in [3.8, 4) is 5.75 Å². The fourth-order valence-corrected chi connectivity index (χ4v) is 3.47. The van der Waals surface area contributed by atoms with Gasteiger partial charge in [0.1, 0.15) is 23.7 Å². The van der Waals surface area contributed by atoms with Crippen molar-refractivity contribution in [3.63, 3.8) is 0 Å². The number of hydrogen-bond donors (Lipinski definition) is 0. The van der Waals surface area contributed by atoms with Gasteiger partial charge in [-0.3, -0.25) is 0 Å². The molecule has 11 heteroatoms. The first kappa shape index (κ1) is 22.9. The summed E-state index contributed by atoms with van der Waals surface area (Å²) in [6.07, 6.45) is -2.98. The maximum atomic E-state index is 14.8. The molecule has 0 saturated heterocycles. The molecule has 0 radical (unpaired) electrons. The molecule has 0 aliphatic rings. The first-order valence-electron chi connectivity index (χ1n) is 8.95. The summed E-state index contributed by atoms with van der Waals surface area (Å²) in [4.78, 5) is 8.06. The van der Waals surface area contributed by atoms with Crippen LogP contribution in [0.3, 0.4) is 0 Å². The van der Waals surface area contributed by atoms with Crippen LogP contribution >= 0.6 is 0 Å². The van der Waals surface area contributed by atoms with E-state index in [1.807, 2.05) is 0 Å². The predicted molar refractivity (Wildman–Crippen MR) is 107 cm³/mol. The molecule has 166 valence electrons. The Bertz CT molecular complexity index is 1250.